The summed E-state index contributed by atoms with van der Waals surface area (Å²) in [6.45, 7) is 4.07. The van der Waals surface area contributed by atoms with E-state index in [1.54, 1.807) is 0 Å². The van der Waals surface area contributed by atoms with Gasteiger partial charge in [-0.15, -0.1) is 0 Å². The molecule has 0 bridgehead atoms. The Kier molecular flexibility index (Phi) is 36.7. The molecule has 0 aliphatic heterocycles. The lowest BCUT2D eigenvalue weighted by Crippen LogP contribution is -2.37. The Morgan fingerprint density at radius 1 is 0.554 bits per heavy atom. The van der Waals surface area contributed by atoms with Crippen molar-refractivity contribution in [2.24, 2.45) is 0 Å². The molecular weight excluding hydrogens is 725 g/mol. The Balaban J connectivity index is 4.47. The number of carbonyl (C=O) groups excluding carboxylic acids is 2. The smallest absolute Gasteiger partial charge is 0.306 e. The molecule has 0 aromatic rings. The van der Waals surface area contributed by atoms with Crippen LogP contribution in [0.2, 0.25) is 0 Å². The highest BCUT2D eigenvalue weighted by molar-refractivity contribution is 7.45. The largest absolute Gasteiger partial charge is 0.756 e. The molecule has 0 spiro atoms. The van der Waals surface area contributed by atoms with Crippen molar-refractivity contribution in [2.75, 3.05) is 47.5 Å². The number of quaternary nitrogens is 1. The molecule has 0 aromatic heterocycles. The zero-order valence-corrected chi connectivity index (χ0v) is 37.2. The Labute approximate surface area is 343 Å². The SMILES string of the molecule is CCC/C=C/C/C=C/C/C=C/C/C=C/CCCCCC(=O)O[C@H](COC(=O)CC/C=C/CCCCCCCCCCCCC)COP(=O)([O-])OCC[N+](C)(C)C. The van der Waals surface area contributed by atoms with E-state index in [1.807, 2.05) is 27.2 Å². The van der Waals surface area contributed by atoms with Crippen LogP contribution in [0.15, 0.2) is 60.8 Å². The molecule has 0 saturated heterocycles. The van der Waals surface area contributed by atoms with Crippen LogP contribution in [0.3, 0.4) is 0 Å². The molecule has 1 unspecified atom stereocenters. The van der Waals surface area contributed by atoms with Gasteiger partial charge in [-0.1, -0.05) is 152 Å². The highest BCUT2D eigenvalue weighted by Crippen LogP contribution is 2.38. The van der Waals surface area contributed by atoms with Crippen LogP contribution >= 0.6 is 7.82 Å². The molecule has 0 amide bonds. The van der Waals surface area contributed by atoms with E-state index in [9.17, 15) is 19.0 Å². The molecular formula is C46H82NO8P. The second-order valence-electron chi connectivity index (χ2n) is 15.7. The maximum absolute atomic E-state index is 12.7. The van der Waals surface area contributed by atoms with Gasteiger partial charge in [-0.05, 0) is 64.2 Å². The summed E-state index contributed by atoms with van der Waals surface area (Å²) >= 11 is 0. The highest BCUT2D eigenvalue weighted by atomic mass is 31.2. The number of carbonyl (C=O) groups is 2. The Morgan fingerprint density at radius 2 is 1.04 bits per heavy atom. The van der Waals surface area contributed by atoms with Crippen LogP contribution in [-0.2, 0) is 32.7 Å². The number of hydrogen-bond acceptors (Lipinski definition) is 8. The third-order valence-electron chi connectivity index (χ3n) is 9.00. The first-order valence-electron chi connectivity index (χ1n) is 22.0. The van der Waals surface area contributed by atoms with Gasteiger partial charge >= 0.3 is 11.9 Å². The van der Waals surface area contributed by atoms with Gasteiger partial charge < -0.3 is 27.9 Å². The fourth-order valence-corrected chi connectivity index (χ4v) is 6.27. The van der Waals surface area contributed by atoms with E-state index in [-0.39, 0.29) is 26.1 Å². The predicted molar refractivity (Wildman–Crippen MR) is 231 cm³/mol. The van der Waals surface area contributed by atoms with Gasteiger partial charge in [0.2, 0.25) is 0 Å². The summed E-state index contributed by atoms with van der Waals surface area (Å²) < 4.78 is 33.8. The average Bonchev–Trinajstić information content (AvgIpc) is 3.15. The zero-order chi connectivity index (χ0) is 41.4. The quantitative estimate of drug-likeness (QED) is 0.0198. The molecule has 0 aromatic carbocycles. The monoisotopic (exact) mass is 808 g/mol. The zero-order valence-electron chi connectivity index (χ0n) is 36.3. The number of rotatable bonds is 39. The van der Waals surface area contributed by atoms with Crippen molar-refractivity contribution in [3.05, 3.63) is 60.8 Å². The van der Waals surface area contributed by atoms with Crippen LogP contribution in [0.25, 0.3) is 0 Å². The molecule has 0 fully saturated rings. The molecule has 2 atom stereocenters. The second-order valence-corrected chi connectivity index (χ2v) is 17.1. The summed E-state index contributed by atoms with van der Waals surface area (Å²) in [5.74, 6) is -0.931. The molecule has 324 valence electrons. The first-order chi connectivity index (χ1) is 27.0. The Bertz CT molecular complexity index is 1140. The van der Waals surface area contributed by atoms with E-state index in [1.165, 1.54) is 70.6 Å². The van der Waals surface area contributed by atoms with Gasteiger partial charge in [0.1, 0.15) is 19.8 Å². The van der Waals surface area contributed by atoms with Crippen LogP contribution < -0.4 is 4.89 Å². The number of likely N-dealkylation sites (N-methyl/N-ethyl adjacent to an activating group) is 1. The number of unbranched alkanes of at least 4 members (excludes halogenated alkanes) is 15. The third kappa shape index (κ3) is 41.3. The summed E-state index contributed by atoms with van der Waals surface area (Å²) in [7, 11) is 1.12. The second kappa shape index (κ2) is 38.2. The van der Waals surface area contributed by atoms with Crippen LogP contribution in [0.4, 0.5) is 0 Å². The van der Waals surface area contributed by atoms with Gasteiger partial charge in [0.05, 0.1) is 27.7 Å². The lowest BCUT2D eigenvalue weighted by atomic mass is 10.1. The standard InChI is InChI=1S/C46H82NO8P/c1-6-8-10-12-14-16-18-20-22-23-25-27-29-31-33-35-37-39-46(49)55-44(43-54-56(50,51)53-41-40-47(3,4)5)42-52-45(48)38-36-34-32-30-28-26-24-21-19-17-15-13-11-9-7-2/h10,12,16,18,22-23,27,29,32,34,44H,6-9,11,13-15,17,19-21,24-26,28,30-31,33,35-43H2,1-5H3/b12-10+,18-16+,23-22+,29-27+,34-32+/t44-/m1/s1. The predicted octanol–water partition coefficient (Wildman–Crippen LogP) is 11.8. The molecule has 9 nitrogen and oxygen atoms in total. The summed E-state index contributed by atoms with van der Waals surface area (Å²) in [6.07, 6.45) is 45.4. The van der Waals surface area contributed by atoms with Gasteiger partial charge in [-0.2, -0.15) is 0 Å². The molecule has 0 rings (SSSR count). The fourth-order valence-electron chi connectivity index (χ4n) is 5.54. The van der Waals surface area contributed by atoms with Crippen LogP contribution in [0, 0.1) is 0 Å². The molecule has 0 saturated carbocycles. The minimum atomic E-state index is -4.64. The Hall–Kier alpha value is -2.29. The lowest BCUT2D eigenvalue weighted by Gasteiger charge is -2.28. The van der Waals surface area contributed by atoms with E-state index in [4.69, 9.17) is 18.5 Å². The van der Waals surface area contributed by atoms with Gasteiger partial charge in [0.15, 0.2) is 6.10 Å². The van der Waals surface area contributed by atoms with E-state index >= 15 is 0 Å². The third-order valence-corrected chi connectivity index (χ3v) is 9.97. The van der Waals surface area contributed by atoms with E-state index in [0.29, 0.717) is 23.9 Å². The highest BCUT2D eigenvalue weighted by Gasteiger charge is 2.21. The average molecular weight is 808 g/mol. The topological polar surface area (TPSA) is 111 Å². The molecule has 0 N–H and O–H groups in total. The van der Waals surface area contributed by atoms with E-state index in [0.717, 1.165) is 57.8 Å². The molecule has 10 heteroatoms. The minimum Gasteiger partial charge on any atom is -0.756 e. The number of hydrogen-bond donors (Lipinski definition) is 0. The van der Waals surface area contributed by atoms with Crippen LogP contribution in [-0.4, -0.2) is 70.0 Å². The first-order valence-corrected chi connectivity index (χ1v) is 23.5. The van der Waals surface area contributed by atoms with Crippen LogP contribution in [0.1, 0.15) is 168 Å². The molecule has 0 aliphatic carbocycles. The normalized spacial score (nSPS) is 14.2. The fraction of sp³-hybridized carbons (Fsp3) is 0.739. The van der Waals surface area contributed by atoms with Crippen molar-refractivity contribution in [1.29, 1.82) is 0 Å². The van der Waals surface area contributed by atoms with Gasteiger partial charge in [0.25, 0.3) is 7.82 Å². The van der Waals surface area contributed by atoms with Crippen molar-refractivity contribution < 1.29 is 42.1 Å². The summed E-state index contributed by atoms with van der Waals surface area (Å²) in [4.78, 5) is 37.5. The lowest BCUT2D eigenvalue weighted by molar-refractivity contribution is -0.870. The van der Waals surface area contributed by atoms with Gasteiger partial charge in [-0.3, -0.25) is 14.2 Å². The number of phosphoric ester groups is 1. The first kappa shape index (κ1) is 53.7. The number of phosphoric acid groups is 1. The molecule has 0 aliphatic rings. The van der Waals surface area contributed by atoms with Crippen molar-refractivity contribution >= 4 is 19.8 Å². The molecule has 0 radical (unpaired) electrons. The minimum absolute atomic E-state index is 0.0442. The van der Waals surface area contributed by atoms with Crippen LogP contribution in [0.5, 0.6) is 0 Å². The maximum atomic E-state index is 12.7. The maximum Gasteiger partial charge on any atom is 0.306 e. The van der Waals surface area contributed by atoms with Crippen molar-refractivity contribution in [3.63, 3.8) is 0 Å². The van der Waals surface area contributed by atoms with Crippen molar-refractivity contribution in [2.45, 2.75) is 174 Å². The van der Waals surface area contributed by atoms with Crippen molar-refractivity contribution in [3.8, 4) is 0 Å². The number of esters is 2. The Morgan fingerprint density at radius 3 is 1.59 bits per heavy atom. The molecule has 56 heavy (non-hydrogen) atoms. The molecule has 0 heterocycles. The number of allylic oxidation sites excluding steroid dienone is 10. The summed E-state index contributed by atoms with van der Waals surface area (Å²) in [5.41, 5.74) is 0. The summed E-state index contributed by atoms with van der Waals surface area (Å²) in [6, 6.07) is 0. The summed E-state index contributed by atoms with van der Waals surface area (Å²) in [5, 5.41) is 0. The van der Waals surface area contributed by atoms with Gasteiger partial charge in [-0.25, -0.2) is 0 Å². The number of nitrogens with zero attached hydrogens (tertiary/aromatic N) is 1. The van der Waals surface area contributed by atoms with E-state index in [2.05, 4.69) is 68.5 Å². The van der Waals surface area contributed by atoms with Gasteiger partial charge in [0, 0.05) is 12.8 Å². The van der Waals surface area contributed by atoms with E-state index < -0.39 is 32.5 Å². The number of ether oxygens (including phenoxy) is 2. The van der Waals surface area contributed by atoms with Crippen molar-refractivity contribution in [1.82, 2.24) is 0 Å².